The number of nitrogens with zero attached hydrogens (tertiary/aromatic N) is 1. The highest BCUT2D eigenvalue weighted by Gasteiger charge is 2.04. The van der Waals surface area contributed by atoms with Crippen molar-refractivity contribution < 1.29 is 4.79 Å². The summed E-state index contributed by atoms with van der Waals surface area (Å²) < 4.78 is 0. The molecular weight excluding hydrogens is 200 g/mol. The Morgan fingerprint density at radius 1 is 1.56 bits per heavy atom. The van der Waals surface area contributed by atoms with E-state index in [4.69, 9.17) is 6.42 Å². The Hall–Kier alpha value is -1.82. The number of carbonyl (C=O) groups excluding carboxylic acids is 1. The second-order valence-corrected chi connectivity index (χ2v) is 3.60. The van der Waals surface area contributed by atoms with E-state index in [1.807, 2.05) is 6.92 Å². The molecule has 0 aliphatic heterocycles. The molecule has 0 aliphatic carbocycles. The van der Waals surface area contributed by atoms with Crippen LogP contribution in [0.25, 0.3) is 0 Å². The quantitative estimate of drug-likeness (QED) is 0.603. The van der Waals surface area contributed by atoms with E-state index >= 15 is 0 Å². The lowest BCUT2D eigenvalue weighted by molar-refractivity contribution is 0.0953. The van der Waals surface area contributed by atoms with Crippen LogP contribution in [0.3, 0.4) is 0 Å². The lowest BCUT2D eigenvalue weighted by atomic mass is 10.2. The third kappa shape index (κ3) is 4.14. The summed E-state index contributed by atoms with van der Waals surface area (Å²) in [6.07, 6.45) is 9.41. The normalized spacial score (nSPS) is 9.50. The molecule has 3 heteroatoms. The Morgan fingerprint density at radius 3 is 3.06 bits per heavy atom. The van der Waals surface area contributed by atoms with E-state index in [0.717, 1.165) is 25.0 Å². The van der Waals surface area contributed by atoms with Crippen LogP contribution in [0.4, 0.5) is 0 Å². The molecule has 1 heterocycles. The minimum atomic E-state index is -0.0498. The summed E-state index contributed by atoms with van der Waals surface area (Å²) in [5, 5.41) is 2.85. The van der Waals surface area contributed by atoms with Crippen LogP contribution in [0, 0.1) is 19.3 Å². The molecule has 16 heavy (non-hydrogen) atoms. The summed E-state index contributed by atoms with van der Waals surface area (Å²) >= 11 is 0. The standard InChI is InChI=1S/C13H16N2O/c1-3-4-5-6-8-15-13(16)12-7-9-14-11(2)10-12/h1,7,9-10H,4-6,8H2,2H3,(H,15,16). The van der Waals surface area contributed by atoms with Gasteiger partial charge in [-0.05, 0) is 31.9 Å². The van der Waals surface area contributed by atoms with Crippen molar-refractivity contribution in [1.29, 1.82) is 0 Å². The number of hydrogen-bond acceptors (Lipinski definition) is 2. The van der Waals surface area contributed by atoms with Gasteiger partial charge in [-0.25, -0.2) is 0 Å². The van der Waals surface area contributed by atoms with Gasteiger partial charge in [-0.3, -0.25) is 9.78 Å². The predicted molar refractivity (Wildman–Crippen MR) is 64.0 cm³/mol. The molecule has 1 aromatic heterocycles. The minimum absolute atomic E-state index is 0.0498. The second kappa shape index (κ2) is 6.62. The largest absolute Gasteiger partial charge is 0.352 e. The number of terminal acetylenes is 1. The summed E-state index contributed by atoms with van der Waals surface area (Å²) in [5.41, 5.74) is 1.50. The van der Waals surface area contributed by atoms with Gasteiger partial charge in [-0.1, -0.05) is 0 Å². The second-order valence-electron chi connectivity index (χ2n) is 3.60. The fourth-order valence-electron chi connectivity index (χ4n) is 1.34. The van der Waals surface area contributed by atoms with Gasteiger partial charge in [0, 0.05) is 30.4 Å². The zero-order chi connectivity index (χ0) is 11.8. The van der Waals surface area contributed by atoms with Crippen LogP contribution in [0.15, 0.2) is 18.3 Å². The molecule has 0 saturated heterocycles. The van der Waals surface area contributed by atoms with E-state index < -0.39 is 0 Å². The van der Waals surface area contributed by atoms with Crippen LogP contribution in [-0.4, -0.2) is 17.4 Å². The fraction of sp³-hybridized carbons (Fsp3) is 0.385. The highest BCUT2D eigenvalue weighted by atomic mass is 16.1. The summed E-state index contributed by atoms with van der Waals surface area (Å²) in [4.78, 5) is 15.7. The molecule has 3 nitrogen and oxygen atoms in total. The number of unbranched alkanes of at least 4 members (excludes halogenated alkanes) is 2. The number of rotatable bonds is 5. The van der Waals surface area contributed by atoms with Crippen molar-refractivity contribution in [1.82, 2.24) is 10.3 Å². The van der Waals surface area contributed by atoms with Crippen LogP contribution in [0.2, 0.25) is 0 Å². The van der Waals surface area contributed by atoms with E-state index in [0.29, 0.717) is 12.1 Å². The van der Waals surface area contributed by atoms with E-state index in [1.54, 1.807) is 18.3 Å². The molecule has 0 aliphatic rings. The summed E-state index contributed by atoms with van der Waals surface area (Å²) in [7, 11) is 0. The number of carbonyl (C=O) groups is 1. The predicted octanol–water partition coefficient (Wildman–Crippen LogP) is 1.92. The first-order chi connectivity index (χ1) is 7.74. The molecule has 1 N–H and O–H groups in total. The van der Waals surface area contributed by atoms with Crippen molar-refractivity contribution in [2.45, 2.75) is 26.2 Å². The van der Waals surface area contributed by atoms with Crippen molar-refractivity contribution in [2.24, 2.45) is 0 Å². The summed E-state index contributed by atoms with van der Waals surface area (Å²) in [5.74, 6) is 2.52. The number of amides is 1. The molecule has 0 spiro atoms. The number of aryl methyl sites for hydroxylation is 1. The lowest BCUT2D eigenvalue weighted by Crippen LogP contribution is -2.24. The van der Waals surface area contributed by atoms with Gasteiger partial charge in [-0.15, -0.1) is 12.3 Å². The number of pyridine rings is 1. The van der Waals surface area contributed by atoms with Gasteiger partial charge >= 0.3 is 0 Å². The average molecular weight is 216 g/mol. The Bertz CT molecular complexity index is 393. The first-order valence-corrected chi connectivity index (χ1v) is 5.38. The maximum atomic E-state index is 11.7. The van der Waals surface area contributed by atoms with E-state index in [1.165, 1.54) is 0 Å². The monoisotopic (exact) mass is 216 g/mol. The minimum Gasteiger partial charge on any atom is -0.352 e. The first kappa shape index (κ1) is 12.3. The van der Waals surface area contributed by atoms with E-state index in [2.05, 4.69) is 16.2 Å². The fourth-order valence-corrected chi connectivity index (χ4v) is 1.34. The molecule has 0 unspecified atom stereocenters. The van der Waals surface area contributed by atoms with Gasteiger partial charge < -0.3 is 5.32 Å². The molecule has 0 saturated carbocycles. The Morgan fingerprint density at radius 2 is 2.38 bits per heavy atom. The van der Waals surface area contributed by atoms with Gasteiger partial charge in [0.25, 0.3) is 5.91 Å². The first-order valence-electron chi connectivity index (χ1n) is 5.38. The van der Waals surface area contributed by atoms with Crippen LogP contribution in [0.5, 0.6) is 0 Å². The Kier molecular flexibility index (Phi) is 5.07. The molecule has 1 rings (SSSR count). The van der Waals surface area contributed by atoms with Crippen molar-refractivity contribution >= 4 is 5.91 Å². The number of aromatic nitrogens is 1. The maximum Gasteiger partial charge on any atom is 0.251 e. The molecule has 1 aromatic rings. The molecule has 1 amide bonds. The summed E-state index contributed by atoms with van der Waals surface area (Å²) in [6, 6.07) is 3.49. The number of nitrogens with one attached hydrogen (secondary N) is 1. The third-order valence-corrected chi connectivity index (χ3v) is 2.19. The maximum absolute atomic E-state index is 11.7. The van der Waals surface area contributed by atoms with Gasteiger partial charge in [0.1, 0.15) is 0 Å². The number of hydrogen-bond donors (Lipinski definition) is 1. The van der Waals surface area contributed by atoms with Crippen molar-refractivity contribution in [3.63, 3.8) is 0 Å². The smallest absolute Gasteiger partial charge is 0.251 e. The topological polar surface area (TPSA) is 42.0 Å². The molecule has 0 atom stereocenters. The van der Waals surface area contributed by atoms with Gasteiger partial charge in [0.2, 0.25) is 0 Å². The Balaban J connectivity index is 2.33. The highest BCUT2D eigenvalue weighted by Crippen LogP contribution is 2.00. The summed E-state index contributed by atoms with van der Waals surface area (Å²) in [6.45, 7) is 2.53. The molecule has 0 fully saturated rings. The van der Waals surface area contributed by atoms with Gasteiger partial charge in [0.15, 0.2) is 0 Å². The zero-order valence-corrected chi connectivity index (χ0v) is 9.49. The van der Waals surface area contributed by atoms with Crippen LogP contribution in [0.1, 0.15) is 35.3 Å². The van der Waals surface area contributed by atoms with Crippen LogP contribution in [-0.2, 0) is 0 Å². The molecule has 84 valence electrons. The van der Waals surface area contributed by atoms with E-state index in [9.17, 15) is 4.79 Å². The van der Waals surface area contributed by atoms with Gasteiger partial charge in [-0.2, -0.15) is 0 Å². The SMILES string of the molecule is C#CCCCCNC(=O)c1ccnc(C)c1. The third-order valence-electron chi connectivity index (χ3n) is 2.19. The van der Waals surface area contributed by atoms with Crippen LogP contribution >= 0.6 is 0 Å². The van der Waals surface area contributed by atoms with E-state index in [-0.39, 0.29) is 5.91 Å². The molecular formula is C13H16N2O. The van der Waals surface area contributed by atoms with Crippen molar-refractivity contribution in [3.05, 3.63) is 29.6 Å². The highest BCUT2D eigenvalue weighted by molar-refractivity contribution is 5.94. The van der Waals surface area contributed by atoms with Crippen molar-refractivity contribution in [2.75, 3.05) is 6.54 Å². The zero-order valence-electron chi connectivity index (χ0n) is 9.49. The Labute approximate surface area is 96.3 Å². The van der Waals surface area contributed by atoms with Gasteiger partial charge in [0.05, 0.1) is 0 Å². The molecule has 0 radical (unpaired) electrons. The average Bonchev–Trinajstić information content (AvgIpc) is 2.28. The van der Waals surface area contributed by atoms with Crippen molar-refractivity contribution in [3.8, 4) is 12.3 Å². The molecule has 0 bridgehead atoms. The van der Waals surface area contributed by atoms with Crippen LogP contribution < -0.4 is 5.32 Å². The molecule has 0 aromatic carbocycles. The lowest BCUT2D eigenvalue weighted by Gasteiger charge is -2.04.